The lowest BCUT2D eigenvalue weighted by atomic mass is 9.84. The van der Waals surface area contributed by atoms with Crippen LogP contribution in [0.4, 0.5) is 5.95 Å². The van der Waals surface area contributed by atoms with Gasteiger partial charge in [-0.2, -0.15) is 5.26 Å². The second kappa shape index (κ2) is 6.30. The van der Waals surface area contributed by atoms with Gasteiger partial charge in [0.25, 0.3) is 0 Å². The molecule has 3 rings (SSSR count). The van der Waals surface area contributed by atoms with Gasteiger partial charge in [-0.05, 0) is 31.7 Å². The lowest BCUT2D eigenvalue weighted by Gasteiger charge is -2.39. The van der Waals surface area contributed by atoms with Crippen molar-refractivity contribution in [1.82, 2.24) is 14.9 Å². The molecule has 0 atom stereocenters. The van der Waals surface area contributed by atoms with Gasteiger partial charge in [-0.1, -0.05) is 6.42 Å². The fraction of sp³-hybridized carbons (Fsp3) is 0.625. The highest BCUT2D eigenvalue weighted by Gasteiger charge is 2.32. The van der Waals surface area contributed by atoms with Gasteiger partial charge in [-0.3, -0.25) is 4.79 Å². The minimum absolute atomic E-state index is 0.263. The topological polar surface area (TPSA) is 73.1 Å². The molecule has 6 nitrogen and oxygen atoms in total. The van der Waals surface area contributed by atoms with Crippen molar-refractivity contribution in [3.8, 4) is 6.07 Å². The van der Waals surface area contributed by atoms with E-state index in [1.165, 1.54) is 6.42 Å². The Morgan fingerprint density at radius 3 is 2.68 bits per heavy atom. The average Bonchev–Trinajstić information content (AvgIpc) is 2.52. The number of nitrogens with zero attached hydrogens (tertiary/aromatic N) is 5. The molecule has 1 aromatic rings. The van der Waals surface area contributed by atoms with E-state index in [-0.39, 0.29) is 5.92 Å². The summed E-state index contributed by atoms with van der Waals surface area (Å²) in [6.45, 7) is 1.64. The van der Waals surface area contributed by atoms with Crippen LogP contribution in [0.1, 0.15) is 37.8 Å². The van der Waals surface area contributed by atoms with E-state index in [2.05, 4.69) is 14.9 Å². The minimum Gasteiger partial charge on any atom is -0.342 e. The standard InChI is InChI=1S/C16H21N5O/c1-20(15(22)12-3-2-4-12)14-6-9-21(10-7-14)16-18-8-5-13(11-17)19-16/h5,8,12,14H,2-4,6-7,9-10H2,1H3. The van der Waals surface area contributed by atoms with Crippen LogP contribution in [0.2, 0.25) is 0 Å². The Hall–Kier alpha value is -2.16. The van der Waals surface area contributed by atoms with Crippen LogP contribution in [0.5, 0.6) is 0 Å². The van der Waals surface area contributed by atoms with Gasteiger partial charge in [0.2, 0.25) is 11.9 Å². The second-order valence-electron chi connectivity index (χ2n) is 6.15. The summed E-state index contributed by atoms with van der Waals surface area (Å²) in [4.78, 5) is 24.9. The number of carbonyl (C=O) groups is 1. The summed E-state index contributed by atoms with van der Waals surface area (Å²) in [6.07, 6.45) is 6.77. The Morgan fingerprint density at radius 1 is 1.36 bits per heavy atom. The normalized spacial score (nSPS) is 19.4. The van der Waals surface area contributed by atoms with Crippen LogP contribution in [-0.4, -0.2) is 47.0 Å². The summed E-state index contributed by atoms with van der Waals surface area (Å²) in [6, 6.07) is 3.96. The SMILES string of the molecule is CN(C(=O)C1CCC1)C1CCN(c2nccc(C#N)n2)CC1. The molecule has 1 saturated heterocycles. The van der Waals surface area contributed by atoms with Crippen LogP contribution < -0.4 is 4.90 Å². The molecule has 0 spiro atoms. The van der Waals surface area contributed by atoms with Gasteiger partial charge in [0.1, 0.15) is 11.8 Å². The van der Waals surface area contributed by atoms with Crippen LogP contribution in [0, 0.1) is 17.2 Å². The quantitative estimate of drug-likeness (QED) is 0.847. The van der Waals surface area contributed by atoms with Crippen LogP contribution in [0.25, 0.3) is 0 Å². The fourth-order valence-corrected chi connectivity index (χ4v) is 3.14. The van der Waals surface area contributed by atoms with Crippen LogP contribution in [-0.2, 0) is 4.79 Å². The highest BCUT2D eigenvalue weighted by Crippen LogP contribution is 2.29. The van der Waals surface area contributed by atoms with Crippen molar-refractivity contribution in [3.63, 3.8) is 0 Å². The summed E-state index contributed by atoms with van der Waals surface area (Å²) >= 11 is 0. The molecule has 0 bridgehead atoms. The van der Waals surface area contributed by atoms with Crippen molar-refractivity contribution in [3.05, 3.63) is 18.0 Å². The number of nitriles is 1. The number of rotatable bonds is 3. The molecule has 0 aromatic carbocycles. The zero-order valence-corrected chi connectivity index (χ0v) is 12.9. The molecule has 2 aliphatic rings. The predicted molar refractivity (Wildman–Crippen MR) is 82.1 cm³/mol. The minimum atomic E-state index is 0.263. The lowest BCUT2D eigenvalue weighted by Crippen LogP contribution is -2.48. The Bertz CT molecular complexity index is 584. The highest BCUT2D eigenvalue weighted by molar-refractivity contribution is 5.79. The monoisotopic (exact) mass is 299 g/mol. The van der Waals surface area contributed by atoms with Gasteiger partial charge >= 0.3 is 0 Å². The molecule has 0 unspecified atom stereocenters. The largest absolute Gasteiger partial charge is 0.342 e. The first kappa shape index (κ1) is 14.8. The van der Waals surface area contributed by atoms with E-state index in [0.29, 0.717) is 23.6 Å². The van der Waals surface area contributed by atoms with Crippen molar-refractivity contribution in [1.29, 1.82) is 5.26 Å². The summed E-state index contributed by atoms with van der Waals surface area (Å²) in [7, 11) is 1.94. The first-order valence-electron chi connectivity index (χ1n) is 7.94. The van der Waals surface area contributed by atoms with Gasteiger partial charge in [-0.25, -0.2) is 9.97 Å². The zero-order chi connectivity index (χ0) is 15.5. The van der Waals surface area contributed by atoms with Gasteiger partial charge in [-0.15, -0.1) is 0 Å². The maximum absolute atomic E-state index is 12.3. The zero-order valence-electron chi connectivity index (χ0n) is 12.9. The summed E-state index contributed by atoms with van der Waals surface area (Å²) in [5, 5.41) is 8.91. The van der Waals surface area contributed by atoms with Crippen molar-refractivity contribution < 1.29 is 4.79 Å². The van der Waals surface area contributed by atoms with Crippen molar-refractivity contribution >= 4 is 11.9 Å². The highest BCUT2D eigenvalue weighted by atomic mass is 16.2. The molecule has 6 heteroatoms. The molecule has 2 heterocycles. The molecule has 2 fully saturated rings. The van der Waals surface area contributed by atoms with Crippen molar-refractivity contribution in [2.75, 3.05) is 25.0 Å². The molecule has 22 heavy (non-hydrogen) atoms. The number of aromatic nitrogens is 2. The van der Waals surface area contributed by atoms with E-state index in [4.69, 9.17) is 5.26 Å². The fourth-order valence-electron chi connectivity index (χ4n) is 3.14. The van der Waals surface area contributed by atoms with Crippen LogP contribution in [0.3, 0.4) is 0 Å². The Kier molecular flexibility index (Phi) is 4.23. The summed E-state index contributed by atoms with van der Waals surface area (Å²) < 4.78 is 0. The Morgan fingerprint density at radius 2 is 2.09 bits per heavy atom. The smallest absolute Gasteiger partial charge is 0.226 e. The van der Waals surface area contributed by atoms with Gasteiger partial charge in [0, 0.05) is 38.3 Å². The van der Waals surface area contributed by atoms with Gasteiger partial charge < -0.3 is 9.80 Å². The van der Waals surface area contributed by atoms with Gasteiger partial charge in [0.05, 0.1) is 0 Å². The molecule has 1 amide bonds. The van der Waals surface area contributed by atoms with Crippen LogP contribution in [0.15, 0.2) is 12.3 Å². The molecule has 0 radical (unpaired) electrons. The second-order valence-corrected chi connectivity index (χ2v) is 6.15. The molecular weight excluding hydrogens is 278 g/mol. The number of hydrogen-bond donors (Lipinski definition) is 0. The molecular formula is C16H21N5O. The molecule has 1 aromatic heterocycles. The van der Waals surface area contributed by atoms with Crippen molar-refractivity contribution in [2.24, 2.45) is 5.92 Å². The van der Waals surface area contributed by atoms with E-state index in [0.717, 1.165) is 38.8 Å². The number of anilines is 1. The summed E-state index contributed by atoms with van der Waals surface area (Å²) in [5.41, 5.74) is 0.393. The first-order chi connectivity index (χ1) is 10.7. The van der Waals surface area contributed by atoms with Crippen LogP contribution >= 0.6 is 0 Å². The number of carbonyl (C=O) groups excluding carboxylic acids is 1. The predicted octanol–water partition coefficient (Wildman–Crippen LogP) is 1.58. The number of piperidine rings is 1. The average molecular weight is 299 g/mol. The summed E-state index contributed by atoms with van der Waals surface area (Å²) in [5.74, 6) is 1.19. The molecule has 0 N–H and O–H groups in total. The first-order valence-corrected chi connectivity index (χ1v) is 7.94. The van der Waals surface area contributed by atoms with E-state index in [1.807, 2.05) is 18.0 Å². The van der Waals surface area contributed by atoms with Gasteiger partial charge in [0.15, 0.2) is 0 Å². The third kappa shape index (κ3) is 2.89. The lowest BCUT2D eigenvalue weighted by molar-refractivity contribution is -0.139. The maximum atomic E-state index is 12.3. The van der Waals surface area contributed by atoms with E-state index < -0.39 is 0 Å². The van der Waals surface area contributed by atoms with E-state index >= 15 is 0 Å². The third-order valence-corrected chi connectivity index (χ3v) is 4.85. The third-order valence-electron chi connectivity index (χ3n) is 4.85. The Labute approximate surface area is 130 Å². The van der Waals surface area contributed by atoms with Crippen molar-refractivity contribution in [2.45, 2.75) is 38.1 Å². The molecule has 1 saturated carbocycles. The molecule has 1 aliphatic heterocycles. The van der Waals surface area contributed by atoms with E-state index in [1.54, 1.807) is 12.3 Å². The molecule has 116 valence electrons. The maximum Gasteiger partial charge on any atom is 0.226 e. The number of amides is 1. The number of hydrogen-bond acceptors (Lipinski definition) is 5. The molecule has 1 aliphatic carbocycles. The Balaban J connectivity index is 1.57. The van der Waals surface area contributed by atoms with E-state index in [9.17, 15) is 4.79 Å².